The van der Waals surface area contributed by atoms with Gasteiger partial charge in [-0.15, -0.1) is 0 Å². The number of rotatable bonds is 2. The monoisotopic (exact) mass is 211 g/mol. The van der Waals surface area contributed by atoms with Crippen molar-refractivity contribution in [3.05, 3.63) is 28.8 Å². The molecule has 2 N–H and O–H groups in total. The summed E-state index contributed by atoms with van der Waals surface area (Å²) in [4.78, 5) is 0. The van der Waals surface area contributed by atoms with E-state index in [1.54, 1.807) is 7.11 Å². The lowest BCUT2D eigenvalue weighted by Crippen LogP contribution is -2.37. The van der Waals surface area contributed by atoms with Gasteiger partial charge in [-0.05, 0) is 42.5 Å². The Balaban J connectivity index is 2.28. The van der Waals surface area contributed by atoms with Crippen molar-refractivity contribution in [2.45, 2.75) is 24.8 Å². The molecule has 2 atom stereocenters. The standard InChI is InChI=1S/C11H14ClNO/c1-14-9-5-7(4-8(12)6-9)10-2-3-11(10)13/h4-6,10-11H,2-3,13H2,1H3. The molecule has 1 aromatic rings. The van der Waals surface area contributed by atoms with E-state index in [4.69, 9.17) is 22.1 Å². The number of nitrogens with two attached hydrogens (primary N) is 1. The predicted octanol–water partition coefficient (Wildman–Crippen LogP) is 2.55. The molecule has 1 aliphatic rings. The first kappa shape index (κ1) is 9.81. The lowest BCUT2D eigenvalue weighted by atomic mass is 9.75. The Kier molecular flexibility index (Phi) is 2.66. The molecule has 2 nitrogen and oxygen atoms in total. The average molecular weight is 212 g/mol. The highest BCUT2D eigenvalue weighted by Gasteiger charge is 2.29. The normalized spacial score (nSPS) is 25.6. The Labute approximate surface area is 89.0 Å². The van der Waals surface area contributed by atoms with Crippen LogP contribution in [-0.4, -0.2) is 13.2 Å². The molecule has 1 aliphatic carbocycles. The van der Waals surface area contributed by atoms with Crippen LogP contribution in [0, 0.1) is 0 Å². The van der Waals surface area contributed by atoms with Gasteiger partial charge in [0, 0.05) is 11.1 Å². The van der Waals surface area contributed by atoms with Crippen LogP contribution in [0.2, 0.25) is 5.02 Å². The molecule has 1 aromatic carbocycles. The largest absolute Gasteiger partial charge is 0.497 e. The van der Waals surface area contributed by atoms with Crippen LogP contribution in [0.1, 0.15) is 24.3 Å². The van der Waals surface area contributed by atoms with E-state index in [2.05, 4.69) is 0 Å². The van der Waals surface area contributed by atoms with Gasteiger partial charge in [-0.25, -0.2) is 0 Å². The Morgan fingerprint density at radius 2 is 2.14 bits per heavy atom. The third-order valence-corrected chi connectivity index (χ3v) is 3.10. The minimum absolute atomic E-state index is 0.290. The molecule has 0 spiro atoms. The maximum atomic E-state index is 5.98. The minimum atomic E-state index is 0.290. The van der Waals surface area contributed by atoms with Crippen LogP contribution in [0.5, 0.6) is 5.75 Å². The zero-order chi connectivity index (χ0) is 10.1. The highest BCUT2D eigenvalue weighted by molar-refractivity contribution is 6.30. The quantitative estimate of drug-likeness (QED) is 0.816. The lowest BCUT2D eigenvalue weighted by molar-refractivity contribution is 0.344. The molecule has 3 heteroatoms. The number of hydrogen-bond acceptors (Lipinski definition) is 2. The summed E-state index contributed by atoms with van der Waals surface area (Å²) in [6.45, 7) is 0. The van der Waals surface area contributed by atoms with Gasteiger partial charge in [0.1, 0.15) is 5.75 Å². The first-order chi connectivity index (χ1) is 6.70. The summed E-state index contributed by atoms with van der Waals surface area (Å²) >= 11 is 5.98. The first-order valence-corrected chi connectivity index (χ1v) is 5.18. The molecule has 76 valence electrons. The van der Waals surface area contributed by atoms with E-state index >= 15 is 0 Å². The Hall–Kier alpha value is -0.730. The van der Waals surface area contributed by atoms with Gasteiger partial charge in [0.2, 0.25) is 0 Å². The summed E-state index contributed by atoms with van der Waals surface area (Å²) in [5.74, 6) is 1.27. The van der Waals surface area contributed by atoms with Crippen molar-refractivity contribution in [1.82, 2.24) is 0 Å². The fraction of sp³-hybridized carbons (Fsp3) is 0.455. The molecule has 0 radical (unpaired) electrons. The number of hydrogen-bond donors (Lipinski definition) is 1. The summed E-state index contributed by atoms with van der Waals surface area (Å²) in [6, 6.07) is 6.11. The van der Waals surface area contributed by atoms with Gasteiger partial charge in [-0.1, -0.05) is 11.6 Å². The second-order valence-corrected chi connectivity index (χ2v) is 4.21. The summed E-state index contributed by atoms with van der Waals surface area (Å²) in [5, 5.41) is 0.721. The second kappa shape index (κ2) is 3.79. The van der Waals surface area contributed by atoms with E-state index in [9.17, 15) is 0 Å². The van der Waals surface area contributed by atoms with Gasteiger partial charge in [0.25, 0.3) is 0 Å². The van der Waals surface area contributed by atoms with E-state index in [-0.39, 0.29) is 6.04 Å². The molecule has 2 rings (SSSR count). The number of methoxy groups -OCH3 is 1. The molecule has 0 heterocycles. The van der Waals surface area contributed by atoms with Gasteiger partial charge >= 0.3 is 0 Å². The van der Waals surface area contributed by atoms with E-state index in [0.717, 1.165) is 23.6 Å². The van der Waals surface area contributed by atoms with Gasteiger partial charge in [-0.2, -0.15) is 0 Å². The zero-order valence-corrected chi connectivity index (χ0v) is 8.92. The van der Waals surface area contributed by atoms with Crippen molar-refractivity contribution >= 4 is 11.6 Å². The van der Waals surface area contributed by atoms with E-state index in [0.29, 0.717) is 5.92 Å². The molecule has 0 amide bonds. The highest BCUT2D eigenvalue weighted by atomic mass is 35.5. The van der Waals surface area contributed by atoms with Gasteiger partial charge in [0.15, 0.2) is 0 Å². The first-order valence-electron chi connectivity index (χ1n) is 4.81. The molecule has 1 saturated carbocycles. The van der Waals surface area contributed by atoms with Crippen LogP contribution in [-0.2, 0) is 0 Å². The average Bonchev–Trinajstić information content (AvgIpc) is 2.14. The smallest absolute Gasteiger partial charge is 0.120 e. The van der Waals surface area contributed by atoms with Crippen LogP contribution in [0.4, 0.5) is 0 Å². The lowest BCUT2D eigenvalue weighted by Gasteiger charge is -2.34. The molecule has 0 bridgehead atoms. The third-order valence-electron chi connectivity index (χ3n) is 2.89. The Morgan fingerprint density at radius 1 is 1.36 bits per heavy atom. The maximum absolute atomic E-state index is 5.98. The van der Waals surface area contributed by atoms with Crippen molar-refractivity contribution in [2.24, 2.45) is 5.73 Å². The fourth-order valence-corrected chi connectivity index (χ4v) is 2.09. The van der Waals surface area contributed by atoms with Gasteiger partial charge in [0.05, 0.1) is 7.11 Å². The van der Waals surface area contributed by atoms with Gasteiger partial charge < -0.3 is 10.5 Å². The summed E-state index contributed by atoms with van der Waals surface area (Å²) in [6.07, 6.45) is 2.27. The maximum Gasteiger partial charge on any atom is 0.120 e. The SMILES string of the molecule is COc1cc(Cl)cc(C2CCC2N)c1. The zero-order valence-electron chi connectivity index (χ0n) is 8.16. The molecule has 0 aliphatic heterocycles. The van der Waals surface area contributed by atoms with Crippen molar-refractivity contribution in [2.75, 3.05) is 7.11 Å². The number of benzene rings is 1. The van der Waals surface area contributed by atoms with Crippen LogP contribution in [0.3, 0.4) is 0 Å². The van der Waals surface area contributed by atoms with E-state index in [1.807, 2.05) is 18.2 Å². The highest BCUT2D eigenvalue weighted by Crippen LogP contribution is 2.38. The molecule has 14 heavy (non-hydrogen) atoms. The predicted molar refractivity (Wildman–Crippen MR) is 58.0 cm³/mol. The summed E-state index contributed by atoms with van der Waals surface area (Å²) in [7, 11) is 1.65. The summed E-state index contributed by atoms with van der Waals surface area (Å²) in [5.41, 5.74) is 7.11. The van der Waals surface area contributed by atoms with Crippen LogP contribution in [0.25, 0.3) is 0 Å². The summed E-state index contributed by atoms with van der Waals surface area (Å²) < 4.78 is 5.16. The fourth-order valence-electron chi connectivity index (χ4n) is 1.86. The van der Waals surface area contributed by atoms with Gasteiger partial charge in [-0.3, -0.25) is 0 Å². The van der Waals surface area contributed by atoms with Crippen molar-refractivity contribution in [3.63, 3.8) is 0 Å². The van der Waals surface area contributed by atoms with E-state index in [1.165, 1.54) is 5.56 Å². The molecule has 0 saturated heterocycles. The molecular weight excluding hydrogens is 198 g/mol. The molecule has 1 fully saturated rings. The molecular formula is C11H14ClNO. The van der Waals surface area contributed by atoms with Crippen molar-refractivity contribution in [3.8, 4) is 5.75 Å². The Bertz CT molecular complexity index is 340. The van der Waals surface area contributed by atoms with Crippen LogP contribution >= 0.6 is 11.6 Å². The molecule has 2 unspecified atom stereocenters. The van der Waals surface area contributed by atoms with Crippen LogP contribution < -0.4 is 10.5 Å². The second-order valence-electron chi connectivity index (χ2n) is 3.77. The van der Waals surface area contributed by atoms with Crippen molar-refractivity contribution in [1.29, 1.82) is 0 Å². The van der Waals surface area contributed by atoms with Crippen LogP contribution in [0.15, 0.2) is 18.2 Å². The van der Waals surface area contributed by atoms with E-state index < -0.39 is 0 Å². The topological polar surface area (TPSA) is 35.2 Å². The number of ether oxygens (including phenoxy) is 1. The molecule has 0 aromatic heterocycles. The minimum Gasteiger partial charge on any atom is -0.497 e. The third kappa shape index (κ3) is 1.72. The number of halogens is 1. The van der Waals surface area contributed by atoms with Crippen molar-refractivity contribution < 1.29 is 4.74 Å². The Morgan fingerprint density at radius 3 is 2.64 bits per heavy atom.